The van der Waals surface area contributed by atoms with Gasteiger partial charge in [0.2, 0.25) is 0 Å². The fourth-order valence-corrected chi connectivity index (χ4v) is 4.06. The molecule has 1 fully saturated rings. The Morgan fingerprint density at radius 2 is 1.88 bits per heavy atom. The Morgan fingerprint density at radius 3 is 2.56 bits per heavy atom. The summed E-state index contributed by atoms with van der Waals surface area (Å²) < 4.78 is 69.8. The number of β-amino-alcohol motifs (C(OH)–C–C–N with tert-alkyl or cyclic N) is 1. The van der Waals surface area contributed by atoms with Gasteiger partial charge < -0.3 is 14.6 Å². The number of alkyl halides is 3. The van der Waals surface area contributed by atoms with Crippen LogP contribution in [0.25, 0.3) is 11.3 Å². The van der Waals surface area contributed by atoms with Gasteiger partial charge in [-0.1, -0.05) is 12.1 Å². The third kappa shape index (κ3) is 4.64. The minimum absolute atomic E-state index is 0.0109. The molecule has 3 heterocycles. The van der Waals surface area contributed by atoms with E-state index in [4.69, 9.17) is 0 Å². The van der Waals surface area contributed by atoms with Crippen molar-refractivity contribution >= 4 is 23.0 Å². The van der Waals surface area contributed by atoms with Crippen LogP contribution < -0.4 is 9.62 Å². The molecule has 6 nitrogen and oxygen atoms in total. The van der Waals surface area contributed by atoms with Crippen molar-refractivity contribution in [3.05, 3.63) is 65.5 Å². The predicted molar refractivity (Wildman–Crippen MR) is 112 cm³/mol. The van der Waals surface area contributed by atoms with Crippen molar-refractivity contribution in [1.29, 1.82) is 0 Å². The molecule has 0 aliphatic carbocycles. The molecular formula is C21H18F4N4O2S. The summed E-state index contributed by atoms with van der Waals surface area (Å²) in [4.78, 5) is 10.1. The summed E-state index contributed by atoms with van der Waals surface area (Å²) >= 11 is -1.92. The molecule has 1 unspecified atom stereocenters. The SMILES string of the molecule is Cc1ccc(F)cc1-c1nc(N[S+]([O-])c2cccc(N3CC(O)C3)n2)ccc1C(F)(F)F. The molecule has 2 N–H and O–H groups in total. The highest BCUT2D eigenvalue weighted by atomic mass is 32.2. The van der Waals surface area contributed by atoms with Gasteiger partial charge in [0.25, 0.3) is 5.03 Å². The number of aliphatic hydroxyl groups excluding tert-OH is 1. The summed E-state index contributed by atoms with van der Waals surface area (Å²) in [6, 6.07) is 10.2. The van der Waals surface area contributed by atoms with Crippen molar-refractivity contribution in [2.75, 3.05) is 22.7 Å². The van der Waals surface area contributed by atoms with E-state index in [9.17, 15) is 27.2 Å². The van der Waals surface area contributed by atoms with Crippen LogP contribution >= 0.6 is 0 Å². The smallest absolute Gasteiger partial charge is 0.418 e. The van der Waals surface area contributed by atoms with Crippen molar-refractivity contribution in [1.82, 2.24) is 9.97 Å². The lowest BCUT2D eigenvalue weighted by molar-refractivity contribution is -0.137. The lowest BCUT2D eigenvalue weighted by atomic mass is 10.0. The van der Waals surface area contributed by atoms with E-state index in [-0.39, 0.29) is 16.4 Å². The van der Waals surface area contributed by atoms with Crippen molar-refractivity contribution < 1.29 is 27.2 Å². The number of anilines is 2. The first-order chi connectivity index (χ1) is 15.1. The molecule has 11 heteroatoms. The van der Waals surface area contributed by atoms with Crippen molar-refractivity contribution in [2.45, 2.75) is 24.2 Å². The Hall–Kier alpha value is -2.89. The van der Waals surface area contributed by atoms with E-state index in [2.05, 4.69) is 14.7 Å². The molecule has 3 aromatic rings. The fourth-order valence-electron chi connectivity index (χ4n) is 3.27. The molecule has 1 aliphatic rings. The Labute approximate surface area is 184 Å². The normalized spacial score (nSPS) is 15.4. The van der Waals surface area contributed by atoms with Gasteiger partial charge in [-0.25, -0.2) is 9.37 Å². The maximum Gasteiger partial charge on any atom is 0.418 e. The molecule has 1 aliphatic heterocycles. The number of halogens is 4. The lowest BCUT2D eigenvalue weighted by Gasteiger charge is -2.36. The van der Waals surface area contributed by atoms with Crippen molar-refractivity contribution in [3.63, 3.8) is 0 Å². The van der Waals surface area contributed by atoms with Gasteiger partial charge >= 0.3 is 6.18 Å². The molecule has 0 radical (unpaired) electrons. The zero-order valence-electron chi connectivity index (χ0n) is 16.7. The average molecular weight is 466 g/mol. The molecule has 0 saturated carbocycles. The van der Waals surface area contributed by atoms with E-state index >= 15 is 0 Å². The van der Waals surface area contributed by atoms with E-state index in [0.29, 0.717) is 24.5 Å². The van der Waals surface area contributed by atoms with Gasteiger partial charge in [-0.3, -0.25) is 0 Å². The topological polar surface area (TPSA) is 84.3 Å². The molecule has 1 atom stereocenters. The summed E-state index contributed by atoms with van der Waals surface area (Å²) in [5.74, 6) is -0.249. The second-order valence-corrected chi connectivity index (χ2v) is 8.47. The third-order valence-electron chi connectivity index (χ3n) is 4.94. The highest BCUT2D eigenvalue weighted by Crippen LogP contribution is 2.38. The number of nitrogens with one attached hydrogen (secondary N) is 1. The molecule has 0 spiro atoms. The van der Waals surface area contributed by atoms with E-state index in [1.165, 1.54) is 12.1 Å². The van der Waals surface area contributed by atoms with Gasteiger partial charge in [0.05, 0.1) is 17.4 Å². The van der Waals surface area contributed by atoms with Gasteiger partial charge in [-0.2, -0.15) is 22.9 Å². The van der Waals surface area contributed by atoms with Crippen LogP contribution in [0.3, 0.4) is 0 Å². The molecule has 2 aromatic heterocycles. The van der Waals surface area contributed by atoms with Crippen LogP contribution in [-0.4, -0.2) is 38.8 Å². The Kier molecular flexibility index (Phi) is 5.97. The number of aryl methyl sites for hydroxylation is 1. The number of pyridine rings is 2. The van der Waals surface area contributed by atoms with Gasteiger partial charge in [-0.15, -0.1) is 0 Å². The molecule has 0 amide bonds. The minimum Gasteiger partial charge on any atom is -0.587 e. The first-order valence-corrected chi connectivity index (χ1v) is 10.7. The summed E-state index contributed by atoms with van der Waals surface area (Å²) in [5, 5.41) is 9.58. The number of nitrogens with zero attached hydrogens (tertiary/aromatic N) is 3. The predicted octanol–water partition coefficient (Wildman–Crippen LogP) is 3.93. The van der Waals surface area contributed by atoms with Crippen LogP contribution in [0, 0.1) is 12.7 Å². The number of aromatic nitrogens is 2. The van der Waals surface area contributed by atoms with Gasteiger partial charge in [-0.05, 0) is 42.8 Å². The largest absolute Gasteiger partial charge is 0.587 e. The number of hydrogen-bond donors (Lipinski definition) is 2. The molecule has 1 saturated heterocycles. The highest BCUT2D eigenvalue weighted by Gasteiger charge is 2.35. The molecule has 168 valence electrons. The van der Waals surface area contributed by atoms with Crippen molar-refractivity contribution in [3.8, 4) is 11.3 Å². The van der Waals surface area contributed by atoms with E-state index < -0.39 is 40.7 Å². The molecule has 0 bridgehead atoms. The number of aliphatic hydroxyl groups is 1. The zero-order chi connectivity index (χ0) is 23.0. The van der Waals surface area contributed by atoms with Crippen LogP contribution in [-0.2, 0) is 17.5 Å². The number of rotatable bonds is 5. The Balaban J connectivity index is 1.65. The maximum atomic E-state index is 13.8. The summed E-state index contributed by atoms with van der Waals surface area (Å²) in [7, 11) is 0. The standard InChI is InChI=1S/C21H18F4N4O2S/c1-12-5-6-13(22)9-15(12)20-16(21(23,24)25)7-8-17(26-20)28-32(31)19-4-2-3-18(27-19)29-10-14(30)11-29/h2-9,14,30H,10-11H2,1H3,(H,26,28). The summed E-state index contributed by atoms with van der Waals surface area (Å²) in [6.45, 7) is 2.37. The first kappa shape index (κ1) is 22.3. The van der Waals surface area contributed by atoms with Gasteiger partial charge in [0, 0.05) is 24.7 Å². The van der Waals surface area contributed by atoms with E-state index in [1.54, 1.807) is 24.0 Å². The molecule has 32 heavy (non-hydrogen) atoms. The van der Waals surface area contributed by atoms with Crippen LogP contribution in [0.15, 0.2) is 53.6 Å². The Morgan fingerprint density at radius 1 is 1.12 bits per heavy atom. The molecular weight excluding hydrogens is 448 g/mol. The second-order valence-electron chi connectivity index (χ2n) is 7.31. The van der Waals surface area contributed by atoms with Gasteiger partial charge in [0.1, 0.15) is 23.0 Å². The lowest BCUT2D eigenvalue weighted by Crippen LogP contribution is -2.51. The van der Waals surface area contributed by atoms with E-state index in [0.717, 1.165) is 24.3 Å². The van der Waals surface area contributed by atoms with Crippen LogP contribution in [0.2, 0.25) is 0 Å². The van der Waals surface area contributed by atoms with E-state index in [1.807, 2.05) is 0 Å². The zero-order valence-corrected chi connectivity index (χ0v) is 17.5. The third-order valence-corrected chi connectivity index (χ3v) is 5.94. The minimum atomic E-state index is -4.71. The number of hydrogen-bond acceptors (Lipinski definition) is 6. The summed E-state index contributed by atoms with van der Waals surface area (Å²) in [6.07, 6.45) is -5.15. The monoisotopic (exact) mass is 466 g/mol. The molecule has 1 aromatic carbocycles. The van der Waals surface area contributed by atoms with Crippen molar-refractivity contribution in [2.24, 2.45) is 0 Å². The molecule has 4 rings (SSSR count). The fraction of sp³-hybridized carbons (Fsp3) is 0.238. The van der Waals surface area contributed by atoms with Crippen LogP contribution in [0.1, 0.15) is 11.1 Å². The Bertz CT molecular complexity index is 1140. The second kappa shape index (κ2) is 8.57. The summed E-state index contributed by atoms with van der Waals surface area (Å²) in [5.41, 5.74) is -1.09. The maximum absolute atomic E-state index is 13.8. The van der Waals surface area contributed by atoms with Crippen LogP contribution in [0.4, 0.5) is 29.2 Å². The average Bonchev–Trinajstić information content (AvgIpc) is 2.72. The van der Waals surface area contributed by atoms with Gasteiger partial charge in [0.15, 0.2) is 5.82 Å². The number of benzene rings is 1. The highest BCUT2D eigenvalue weighted by molar-refractivity contribution is 7.92. The first-order valence-electron chi connectivity index (χ1n) is 9.55. The van der Waals surface area contributed by atoms with Crippen LogP contribution in [0.5, 0.6) is 0 Å². The quantitative estimate of drug-likeness (QED) is 0.438.